The largest absolute Gasteiger partial charge is 0.360 e. The van der Waals surface area contributed by atoms with E-state index in [0.29, 0.717) is 19.6 Å². The average Bonchev–Trinajstić information content (AvgIpc) is 3.29. The Bertz CT molecular complexity index is 1230. The predicted molar refractivity (Wildman–Crippen MR) is 158 cm³/mol. The molecule has 2 unspecified atom stereocenters. The van der Waals surface area contributed by atoms with Crippen LogP contribution < -0.4 is 0 Å². The summed E-state index contributed by atoms with van der Waals surface area (Å²) in [6, 6.07) is 41.8. The number of hydrogen-bond donors (Lipinski definition) is 0. The Morgan fingerprint density at radius 2 is 1.26 bits per heavy atom. The first-order chi connectivity index (χ1) is 19.2. The SMILES string of the molecule is C=CCC1C(=O)N(CCCc2ccccc2)CC1COC(c1ccccc1)(c1ccccc1)c1ccccc1. The molecule has 0 aromatic heterocycles. The van der Waals surface area contributed by atoms with Crippen molar-refractivity contribution in [2.45, 2.75) is 24.9 Å². The van der Waals surface area contributed by atoms with E-state index in [9.17, 15) is 4.79 Å². The van der Waals surface area contributed by atoms with Crippen LogP contribution in [0, 0.1) is 11.8 Å². The van der Waals surface area contributed by atoms with Gasteiger partial charge in [0.25, 0.3) is 0 Å². The number of benzene rings is 4. The number of nitrogens with zero attached hydrogens (tertiary/aromatic N) is 1. The first-order valence-corrected chi connectivity index (χ1v) is 14.0. The zero-order valence-corrected chi connectivity index (χ0v) is 22.5. The molecule has 0 aliphatic carbocycles. The average molecular weight is 516 g/mol. The quantitative estimate of drug-likeness (QED) is 0.147. The van der Waals surface area contributed by atoms with Gasteiger partial charge in [-0.2, -0.15) is 0 Å². The van der Waals surface area contributed by atoms with Gasteiger partial charge in [0.15, 0.2) is 0 Å². The second kappa shape index (κ2) is 12.7. The predicted octanol–water partition coefficient (Wildman–Crippen LogP) is 7.28. The van der Waals surface area contributed by atoms with Crippen molar-refractivity contribution >= 4 is 5.91 Å². The molecule has 3 nitrogen and oxygen atoms in total. The van der Waals surface area contributed by atoms with Crippen molar-refractivity contribution in [2.75, 3.05) is 19.7 Å². The van der Waals surface area contributed by atoms with Crippen molar-refractivity contribution in [1.29, 1.82) is 0 Å². The number of carbonyl (C=O) groups is 1. The van der Waals surface area contributed by atoms with Gasteiger partial charge in [0.1, 0.15) is 5.60 Å². The molecule has 1 aliphatic rings. The molecule has 3 heteroatoms. The monoisotopic (exact) mass is 515 g/mol. The van der Waals surface area contributed by atoms with E-state index in [1.54, 1.807) is 0 Å². The lowest BCUT2D eigenvalue weighted by Crippen LogP contribution is -2.36. The van der Waals surface area contributed by atoms with Crippen LogP contribution in [0.4, 0.5) is 0 Å². The van der Waals surface area contributed by atoms with Gasteiger partial charge in [-0.1, -0.05) is 127 Å². The summed E-state index contributed by atoms with van der Waals surface area (Å²) in [6.07, 6.45) is 4.46. The lowest BCUT2D eigenvalue weighted by Gasteiger charge is -2.37. The standard InChI is InChI=1S/C36H37NO2/c1-2-16-34-30(27-37(35(34)38)26-15-19-29-17-7-3-8-18-29)28-39-36(31-20-9-4-10-21-31,32-22-11-5-12-23-32)33-24-13-6-14-25-33/h2-14,17-18,20-25,30,34H,1,15-16,19,26-28H2. The number of ether oxygens (including phenoxy) is 1. The van der Waals surface area contributed by atoms with E-state index in [4.69, 9.17) is 4.74 Å². The van der Waals surface area contributed by atoms with E-state index in [1.807, 2.05) is 35.2 Å². The Morgan fingerprint density at radius 1 is 0.769 bits per heavy atom. The lowest BCUT2D eigenvalue weighted by atomic mass is 9.80. The van der Waals surface area contributed by atoms with Gasteiger partial charge in [-0.3, -0.25) is 4.79 Å². The second-order valence-electron chi connectivity index (χ2n) is 10.4. The fourth-order valence-electron chi connectivity index (χ4n) is 5.90. The molecule has 1 saturated heterocycles. The summed E-state index contributed by atoms with van der Waals surface area (Å²) >= 11 is 0. The molecule has 0 saturated carbocycles. The molecule has 1 heterocycles. The number of allylic oxidation sites excluding steroid dienone is 1. The Kier molecular flexibility index (Phi) is 8.70. The van der Waals surface area contributed by atoms with E-state index >= 15 is 0 Å². The van der Waals surface area contributed by atoms with Gasteiger partial charge < -0.3 is 9.64 Å². The lowest BCUT2D eigenvalue weighted by molar-refractivity contribution is -0.131. The molecule has 4 aromatic carbocycles. The van der Waals surface area contributed by atoms with Crippen LogP contribution in [0.1, 0.15) is 35.1 Å². The van der Waals surface area contributed by atoms with E-state index in [0.717, 1.165) is 36.1 Å². The maximum Gasteiger partial charge on any atom is 0.226 e. The normalized spacial score (nSPS) is 17.3. The maximum absolute atomic E-state index is 13.5. The minimum atomic E-state index is -0.785. The van der Waals surface area contributed by atoms with Crippen LogP contribution >= 0.6 is 0 Å². The highest BCUT2D eigenvalue weighted by Crippen LogP contribution is 2.42. The van der Waals surface area contributed by atoms with Crippen LogP contribution in [0.15, 0.2) is 134 Å². The Labute approximate surface area is 232 Å². The summed E-state index contributed by atoms with van der Waals surface area (Å²) < 4.78 is 7.11. The van der Waals surface area contributed by atoms with Crippen molar-refractivity contribution in [3.05, 3.63) is 156 Å². The third-order valence-corrected chi connectivity index (χ3v) is 7.86. The molecule has 0 bridgehead atoms. The van der Waals surface area contributed by atoms with Crippen LogP contribution in [-0.2, 0) is 21.6 Å². The molecule has 0 radical (unpaired) electrons. The van der Waals surface area contributed by atoms with Gasteiger partial charge in [-0.15, -0.1) is 6.58 Å². The highest BCUT2D eigenvalue weighted by Gasteiger charge is 2.43. The highest BCUT2D eigenvalue weighted by molar-refractivity contribution is 5.81. The number of aryl methyl sites for hydroxylation is 1. The van der Waals surface area contributed by atoms with Crippen molar-refractivity contribution in [3.8, 4) is 0 Å². The van der Waals surface area contributed by atoms with Gasteiger partial charge in [0.2, 0.25) is 5.91 Å². The number of hydrogen-bond acceptors (Lipinski definition) is 2. The van der Waals surface area contributed by atoms with Crippen molar-refractivity contribution in [2.24, 2.45) is 11.8 Å². The fraction of sp³-hybridized carbons (Fsp3) is 0.250. The Morgan fingerprint density at radius 3 is 1.74 bits per heavy atom. The summed E-state index contributed by atoms with van der Waals surface area (Å²) in [5.74, 6) is 0.197. The summed E-state index contributed by atoms with van der Waals surface area (Å²) in [6.45, 7) is 5.90. The second-order valence-corrected chi connectivity index (χ2v) is 10.4. The van der Waals surface area contributed by atoms with Gasteiger partial charge in [-0.05, 0) is 41.5 Å². The summed E-state index contributed by atoms with van der Waals surface area (Å²) in [4.78, 5) is 15.5. The van der Waals surface area contributed by atoms with Gasteiger partial charge in [-0.25, -0.2) is 0 Å². The van der Waals surface area contributed by atoms with E-state index in [2.05, 4.69) is 104 Å². The molecule has 198 valence electrons. The van der Waals surface area contributed by atoms with Crippen molar-refractivity contribution in [1.82, 2.24) is 4.90 Å². The topological polar surface area (TPSA) is 29.5 Å². The molecular formula is C36H37NO2. The van der Waals surface area contributed by atoms with E-state index < -0.39 is 5.60 Å². The third-order valence-electron chi connectivity index (χ3n) is 7.86. The van der Waals surface area contributed by atoms with E-state index in [1.165, 1.54) is 5.56 Å². The van der Waals surface area contributed by atoms with Gasteiger partial charge >= 0.3 is 0 Å². The number of likely N-dealkylation sites (tertiary alicyclic amines) is 1. The first kappa shape index (κ1) is 26.6. The molecule has 1 aliphatic heterocycles. The Balaban J connectivity index is 1.41. The zero-order chi connectivity index (χ0) is 26.9. The van der Waals surface area contributed by atoms with Gasteiger partial charge in [0, 0.05) is 24.9 Å². The molecular weight excluding hydrogens is 478 g/mol. The van der Waals surface area contributed by atoms with E-state index in [-0.39, 0.29) is 17.7 Å². The highest BCUT2D eigenvalue weighted by atomic mass is 16.5. The molecule has 5 rings (SSSR count). The van der Waals surface area contributed by atoms with Crippen molar-refractivity contribution in [3.63, 3.8) is 0 Å². The molecule has 0 N–H and O–H groups in total. The third kappa shape index (κ3) is 5.89. The molecule has 2 atom stereocenters. The minimum absolute atomic E-state index is 0.0859. The Hall–Kier alpha value is -3.95. The van der Waals surface area contributed by atoms with Crippen LogP contribution in [0.2, 0.25) is 0 Å². The van der Waals surface area contributed by atoms with Crippen LogP contribution in [0.5, 0.6) is 0 Å². The summed E-state index contributed by atoms with van der Waals surface area (Å²) in [5, 5.41) is 0. The summed E-state index contributed by atoms with van der Waals surface area (Å²) in [7, 11) is 0. The smallest absolute Gasteiger partial charge is 0.226 e. The number of rotatable bonds is 12. The number of carbonyl (C=O) groups excluding carboxylic acids is 1. The zero-order valence-electron chi connectivity index (χ0n) is 22.5. The van der Waals surface area contributed by atoms with Crippen LogP contribution in [-0.4, -0.2) is 30.5 Å². The maximum atomic E-state index is 13.5. The van der Waals surface area contributed by atoms with Crippen LogP contribution in [0.25, 0.3) is 0 Å². The van der Waals surface area contributed by atoms with Gasteiger partial charge in [0.05, 0.1) is 6.61 Å². The molecule has 4 aromatic rings. The van der Waals surface area contributed by atoms with Crippen molar-refractivity contribution < 1.29 is 9.53 Å². The molecule has 1 fully saturated rings. The number of amides is 1. The van der Waals surface area contributed by atoms with Crippen LogP contribution in [0.3, 0.4) is 0 Å². The first-order valence-electron chi connectivity index (χ1n) is 14.0. The molecule has 1 amide bonds. The fourth-order valence-corrected chi connectivity index (χ4v) is 5.90. The molecule has 39 heavy (non-hydrogen) atoms. The minimum Gasteiger partial charge on any atom is -0.360 e. The molecule has 0 spiro atoms. The summed E-state index contributed by atoms with van der Waals surface area (Å²) in [5.41, 5.74) is 3.75.